The Bertz CT molecular complexity index is 1750. The van der Waals surface area contributed by atoms with Crippen LogP contribution in [0.15, 0.2) is 36.4 Å². The van der Waals surface area contributed by atoms with Crippen molar-refractivity contribution in [3.05, 3.63) is 36.4 Å². The van der Waals surface area contributed by atoms with Crippen LogP contribution < -0.4 is 20.1 Å². The summed E-state index contributed by atoms with van der Waals surface area (Å²) in [7, 11) is -1.56. The first-order chi connectivity index (χ1) is 23.5. The average Bonchev–Trinajstić information content (AvgIpc) is 3.37. The molecular weight excluding hydrogens is 666 g/mol. The normalized spacial score (nSPS) is 27.0. The van der Waals surface area contributed by atoms with E-state index in [-0.39, 0.29) is 19.4 Å². The summed E-state index contributed by atoms with van der Waals surface area (Å²) < 4.78 is 42.0. The Morgan fingerprint density at radius 2 is 1.88 bits per heavy atom. The topological polar surface area (TPSA) is 181 Å². The molecule has 1 aliphatic carbocycles. The highest BCUT2D eigenvalue weighted by atomic mass is 32.2. The van der Waals surface area contributed by atoms with Crippen molar-refractivity contribution in [1.82, 2.24) is 34.1 Å². The standard InChI is InChI=1S/C34H49N7O8S/c1-7-40-26-18-14-13-16-24(26)35-31(40)48-23-19-27-28(42)37-34(30(44)38-50(46,47)39(5)6)20-22(34)15-11-9-8-10-12-17-25(29(43)41(27)21-23)36-32(45)49-33(2,3)4/h11,13-16,18,22-23,25,27H,7-10,12,17,19-21H2,1-6H3,(H,36,45)(H,37,42)(H,38,44)/b15-11-/t22-,23-,25+,27+,34-/m1/s1. The molecular formula is C34H49N7O8S. The maximum absolute atomic E-state index is 14.4. The van der Waals surface area contributed by atoms with Crippen LogP contribution in [0.1, 0.15) is 72.6 Å². The van der Waals surface area contributed by atoms with Gasteiger partial charge < -0.3 is 25.0 Å². The number of para-hydroxylation sites is 2. The zero-order valence-electron chi connectivity index (χ0n) is 29.6. The van der Waals surface area contributed by atoms with E-state index in [2.05, 4.69) is 20.3 Å². The van der Waals surface area contributed by atoms with Gasteiger partial charge in [0.1, 0.15) is 29.3 Å². The van der Waals surface area contributed by atoms with Crippen molar-refractivity contribution in [2.24, 2.45) is 5.92 Å². The van der Waals surface area contributed by atoms with Gasteiger partial charge in [0, 0.05) is 33.0 Å². The molecule has 1 saturated heterocycles. The zero-order valence-corrected chi connectivity index (χ0v) is 30.4. The number of ether oxygens (including phenoxy) is 2. The molecule has 3 heterocycles. The molecule has 3 aliphatic rings. The molecule has 16 heteroatoms. The number of alkyl carbamates (subject to hydrolysis) is 1. The minimum Gasteiger partial charge on any atom is -0.459 e. The van der Waals surface area contributed by atoms with Crippen LogP contribution in [0, 0.1) is 5.92 Å². The van der Waals surface area contributed by atoms with Crippen molar-refractivity contribution in [3.8, 4) is 6.01 Å². The van der Waals surface area contributed by atoms with Crippen LogP contribution >= 0.6 is 0 Å². The molecule has 1 saturated carbocycles. The first-order valence-corrected chi connectivity index (χ1v) is 18.6. The molecule has 3 N–H and O–H groups in total. The van der Waals surface area contributed by atoms with E-state index >= 15 is 0 Å². The average molecular weight is 716 g/mol. The number of aryl methyl sites for hydroxylation is 1. The summed E-state index contributed by atoms with van der Waals surface area (Å²) in [4.78, 5) is 61.1. The van der Waals surface area contributed by atoms with Gasteiger partial charge in [0.25, 0.3) is 11.9 Å². The van der Waals surface area contributed by atoms with E-state index < -0.39 is 69.3 Å². The van der Waals surface area contributed by atoms with Gasteiger partial charge in [-0.1, -0.05) is 37.1 Å². The van der Waals surface area contributed by atoms with Gasteiger partial charge in [-0.3, -0.25) is 19.0 Å². The van der Waals surface area contributed by atoms with Crippen molar-refractivity contribution < 1.29 is 37.1 Å². The number of hydrogen-bond donors (Lipinski definition) is 3. The van der Waals surface area contributed by atoms with E-state index in [0.29, 0.717) is 31.8 Å². The molecule has 274 valence electrons. The fourth-order valence-corrected chi connectivity index (χ4v) is 7.11. The van der Waals surface area contributed by atoms with Crippen molar-refractivity contribution in [3.63, 3.8) is 0 Å². The molecule has 0 unspecified atom stereocenters. The quantitative estimate of drug-likeness (QED) is 0.363. The number of carbonyl (C=O) groups excluding carboxylic acids is 4. The van der Waals surface area contributed by atoms with E-state index in [1.54, 1.807) is 20.8 Å². The van der Waals surface area contributed by atoms with Gasteiger partial charge in [0.2, 0.25) is 11.8 Å². The number of nitrogens with zero attached hydrogens (tertiary/aromatic N) is 4. The lowest BCUT2D eigenvalue weighted by molar-refractivity contribution is -0.141. The summed E-state index contributed by atoms with van der Waals surface area (Å²) in [6.07, 6.45) is 5.81. The number of aromatic nitrogens is 2. The number of allylic oxidation sites excluding steroid dienone is 1. The van der Waals surface area contributed by atoms with Crippen molar-refractivity contribution in [1.29, 1.82) is 0 Å². The molecule has 4 amide bonds. The van der Waals surface area contributed by atoms with Crippen molar-refractivity contribution in [2.75, 3.05) is 20.6 Å². The molecule has 2 aliphatic heterocycles. The Hall–Kier alpha value is -4.18. The third kappa shape index (κ3) is 8.23. The molecule has 2 fully saturated rings. The van der Waals surface area contributed by atoms with Crippen LogP contribution in [0.2, 0.25) is 0 Å². The highest BCUT2D eigenvalue weighted by Gasteiger charge is 2.61. The van der Waals surface area contributed by atoms with Gasteiger partial charge in [-0.05, 0) is 65.5 Å². The number of carbonyl (C=O) groups is 4. The zero-order chi connectivity index (χ0) is 36.4. The van der Waals surface area contributed by atoms with Gasteiger partial charge in [0.15, 0.2) is 0 Å². The molecule has 15 nitrogen and oxygen atoms in total. The van der Waals surface area contributed by atoms with Gasteiger partial charge in [-0.2, -0.15) is 17.7 Å². The van der Waals surface area contributed by atoms with Crippen LogP contribution in [-0.2, 0) is 35.9 Å². The number of nitrogens with one attached hydrogen (secondary N) is 3. The maximum atomic E-state index is 14.4. The molecule has 5 atom stereocenters. The van der Waals surface area contributed by atoms with Gasteiger partial charge in [-0.25, -0.2) is 9.52 Å². The van der Waals surface area contributed by atoms with Crippen LogP contribution in [0.5, 0.6) is 6.01 Å². The number of benzene rings is 1. The highest BCUT2D eigenvalue weighted by molar-refractivity contribution is 7.87. The predicted octanol–water partition coefficient (Wildman–Crippen LogP) is 2.62. The third-order valence-corrected chi connectivity index (χ3v) is 10.7. The first kappa shape index (κ1) is 37.1. The summed E-state index contributed by atoms with van der Waals surface area (Å²) >= 11 is 0. The van der Waals surface area contributed by atoms with Gasteiger partial charge in [0.05, 0.1) is 17.6 Å². The fourth-order valence-electron chi connectivity index (χ4n) is 6.51. The SMILES string of the molecule is CCn1c(O[C@@H]2C[C@H]3C(=O)N[C@]4(C(=O)NS(=O)(=O)N(C)C)C[C@H]4/C=C\CCCCC[C@H](NC(=O)OC(C)(C)C)C(=O)N3C2)nc2ccccc21. The lowest BCUT2D eigenvalue weighted by Gasteiger charge is -2.30. The Kier molecular flexibility index (Phi) is 10.8. The number of rotatable bonds is 7. The van der Waals surface area contributed by atoms with Crippen molar-refractivity contribution in [2.45, 2.75) is 109 Å². The number of amides is 4. The second kappa shape index (κ2) is 14.6. The van der Waals surface area contributed by atoms with Crippen LogP contribution in [-0.4, -0.2) is 101 Å². The van der Waals surface area contributed by atoms with Crippen LogP contribution in [0.25, 0.3) is 11.0 Å². The Labute approximate surface area is 293 Å². The molecule has 2 aromatic rings. The molecule has 50 heavy (non-hydrogen) atoms. The summed E-state index contributed by atoms with van der Waals surface area (Å²) in [5.74, 6) is -2.42. The van der Waals surface area contributed by atoms with E-state index in [1.807, 2.05) is 47.9 Å². The molecule has 0 spiro atoms. The van der Waals surface area contributed by atoms with Crippen LogP contribution in [0.3, 0.4) is 0 Å². The summed E-state index contributed by atoms with van der Waals surface area (Å²) in [5, 5.41) is 5.57. The first-order valence-electron chi connectivity index (χ1n) is 17.2. The molecule has 5 rings (SSSR count). The second-order valence-electron chi connectivity index (χ2n) is 14.4. The van der Waals surface area contributed by atoms with Crippen LogP contribution in [0.4, 0.5) is 4.79 Å². The second-order valence-corrected chi connectivity index (χ2v) is 16.2. The van der Waals surface area contributed by atoms with Gasteiger partial charge in [-0.15, -0.1) is 0 Å². The Balaban J connectivity index is 1.48. The Morgan fingerprint density at radius 1 is 1.14 bits per heavy atom. The highest BCUT2D eigenvalue weighted by Crippen LogP contribution is 2.45. The monoisotopic (exact) mass is 715 g/mol. The van der Waals surface area contributed by atoms with Gasteiger partial charge >= 0.3 is 16.3 Å². The molecule has 1 aromatic carbocycles. The number of imidazole rings is 1. The van der Waals surface area contributed by atoms with E-state index in [9.17, 15) is 27.6 Å². The molecule has 0 radical (unpaired) electrons. The molecule has 0 bridgehead atoms. The summed E-state index contributed by atoms with van der Waals surface area (Å²) in [6.45, 7) is 7.72. The number of fused-ring (bicyclic) bond motifs is 3. The van der Waals surface area contributed by atoms with Crippen molar-refractivity contribution >= 4 is 45.1 Å². The fraction of sp³-hybridized carbons (Fsp3) is 0.618. The lowest BCUT2D eigenvalue weighted by atomic mass is 10.0. The number of hydrogen-bond acceptors (Lipinski definition) is 9. The third-order valence-electron chi connectivity index (χ3n) is 9.25. The molecule has 1 aromatic heterocycles. The predicted molar refractivity (Wildman–Crippen MR) is 185 cm³/mol. The van der Waals surface area contributed by atoms with E-state index in [1.165, 1.54) is 19.0 Å². The minimum absolute atomic E-state index is 0.00781. The lowest BCUT2D eigenvalue weighted by Crippen LogP contribution is -2.58. The summed E-state index contributed by atoms with van der Waals surface area (Å²) in [5.41, 5.74) is -0.716. The maximum Gasteiger partial charge on any atom is 0.408 e. The largest absolute Gasteiger partial charge is 0.459 e. The summed E-state index contributed by atoms with van der Waals surface area (Å²) in [6, 6.07) is 5.85. The van der Waals surface area contributed by atoms with E-state index in [4.69, 9.17) is 9.47 Å². The minimum atomic E-state index is -4.15. The van der Waals surface area contributed by atoms with E-state index in [0.717, 1.165) is 28.2 Å². The smallest absolute Gasteiger partial charge is 0.408 e. The Morgan fingerprint density at radius 3 is 2.58 bits per heavy atom.